The Morgan fingerprint density at radius 2 is 2.11 bits per heavy atom. The molecule has 1 heterocycles. The molecule has 2 rings (SSSR count). The Kier molecular flexibility index (Phi) is 8.98. The first-order valence-electron chi connectivity index (χ1n) is 9.17. The Hall–Kier alpha value is -1.69. The molecule has 146 valence electrons. The zero-order valence-electron chi connectivity index (χ0n) is 15.5. The third kappa shape index (κ3) is 6.76. The van der Waals surface area contributed by atoms with E-state index in [0.29, 0.717) is 23.7 Å². The van der Waals surface area contributed by atoms with E-state index < -0.39 is 0 Å². The molecule has 1 aliphatic heterocycles. The lowest BCUT2D eigenvalue weighted by Gasteiger charge is -2.35. The van der Waals surface area contributed by atoms with Gasteiger partial charge in [-0.25, -0.2) is 0 Å². The second-order valence-corrected chi connectivity index (χ2v) is 7.58. The summed E-state index contributed by atoms with van der Waals surface area (Å²) in [5.74, 6) is 0.504. The molecule has 27 heavy (non-hydrogen) atoms. The van der Waals surface area contributed by atoms with Crippen molar-refractivity contribution >= 4 is 39.2 Å². The van der Waals surface area contributed by atoms with Gasteiger partial charge < -0.3 is 9.64 Å². The maximum absolute atomic E-state index is 12.5. The summed E-state index contributed by atoms with van der Waals surface area (Å²) in [5, 5.41) is 11.9. The van der Waals surface area contributed by atoms with Crippen LogP contribution in [-0.4, -0.2) is 60.2 Å². The quantitative estimate of drug-likeness (QED) is 0.505. The Morgan fingerprint density at radius 1 is 1.37 bits per heavy atom. The van der Waals surface area contributed by atoms with Gasteiger partial charge >= 0.3 is 0 Å². The van der Waals surface area contributed by atoms with Gasteiger partial charge in [0.2, 0.25) is 0 Å². The number of hydrogen-bond acceptors (Lipinski definition) is 5. The average Bonchev–Trinajstić information content (AvgIpc) is 2.68. The molecule has 6 nitrogen and oxygen atoms in total. The highest BCUT2D eigenvalue weighted by atomic mass is 79.9. The van der Waals surface area contributed by atoms with Gasteiger partial charge in [-0.15, -0.1) is 0 Å². The zero-order valence-corrected chi connectivity index (χ0v) is 17.9. The van der Waals surface area contributed by atoms with E-state index in [-0.39, 0.29) is 5.91 Å². The van der Waals surface area contributed by atoms with Crippen molar-refractivity contribution in [3.8, 4) is 11.8 Å². The first-order chi connectivity index (χ1) is 13.0. The van der Waals surface area contributed by atoms with E-state index in [0.717, 1.165) is 55.8 Å². The number of unbranched alkanes of at least 4 members (excludes halogenated alkanes) is 1. The average molecular weight is 453 g/mol. The highest BCUT2D eigenvalue weighted by Crippen LogP contribution is 2.26. The number of nitrogens with zero attached hydrogens (tertiary/aromatic N) is 3. The number of thiocarbonyl (C=S) groups is 1. The summed E-state index contributed by atoms with van der Waals surface area (Å²) in [6, 6.07) is 7.45. The number of halogens is 1. The molecule has 8 heteroatoms. The number of ether oxygens (including phenoxy) is 1. The Labute approximate surface area is 174 Å². The van der Waals surface area contributed by atoms with Gasteiger partial charge in [-0.3, -0.25) is 15.0 Å². The van der Waals surface area contributed by atoms with Crippen molar-refractivity contribution in [2.75, 3.05) is 39.3 Å². The lowest BCUT2D eigenvalue weighted by molar-refractivity contribution is 0.0969. The number of hydrogen-bond donors (Lipinski definition) is 1. The predicted octanol–water partition coefficient (Wildman–Crippen LogP) is 3.17. The van der Waals surface area contributed by atoms with Crippen LogP contribution < -0.4 is 10.1 Å². The number of carbonyl (C=O) groups is 1. The molecule has 1 aromatic carbocycles. The van der Waals surface area contributed by atoms with Crippen molar-refractivity contribution in [3.63, 3.8) is 0 Å². The van der Waals surface area contributed by atoms with Crippen LogP contribution in [0, 0.1) is 11.3 Å². The van der Waals surface area contributed by atoms with Crippen molar-refractivity contribution < 1.29 is 9.53 Å². The molecule has 0 bridgehead atoms. The fourth-order valence-corrected chi connectivity index (χ4v) is 3.49. The predicted molar refractivity (Wildman–Crippen MR) is 113 cm³/mol. The van der Waals surface area contributed by atoms with Gasteiger partial charge in [-0.2, -0.15) is 5.26 Å². The molecule has 1 N–H and O–H groups in total. The molecule has 0 saturated carbocycles. The van der Waals surface area contributed by atoms with Crippen molar-refractivity contribution in [2.24, 2.45) is 0 Å². The maximum Gasteiger partial charge on any atom is 0.257 e. The SMILES string of the molecule is CCCCOc1ccc(C(=O)NC(=S)N2CCN(CCC#N)CC2)cc1Br. The Bertz CT molecular complexity index is 699. The highest BCUT2D eigenvalue weighted by molar-refractivity contribution is 9.10. The minimum Gasteiger partial charge on any atom is -0.492 e. The fourth-order valence-electron chi connectivity index (χ4n) is 2.72. The molecular weight excluding hydrogens is 428 g/mol. The normalized spacial score (nSPS) is 14.5. The van der Waals surface area contributed by atoms with Gasteiger partial charge in [-0.1, -0.05) is 13.3 Å². The van der Waals surface area contributed by atoms with Gasteiger partial charge in [0.05, 0.1) is 17.1 Å². The second-order valence-electron chi connectivity index (χ2n) is 6.34. The van der Waals surface area contributed by atoms with Gasteiger partial charge in [0.15, 0.2) is 5.11 Å². The van der Waals surface area contributed by atoms with Gasteiger partial charge in [-0.05, 0) is 52.8 Å². The highest BCUT2D eigenvalue weighted by Gasteiger charge is 2.20. The number of benzene rings is 1. The number of nitriles is 1. The summed E-state index contributed by atoms with van der Waals surface area (Å²) in [7, 11) is 0. The smallest absolute Gasteiger partial charge is 0.257 e. The molecule has 0 aliphatic carbocycles. The summed E-state index contributed by atoms with van der Waals surface area (Å²) in [4.78, 5) is 16.7. The van der Waals surface area contributed by atoms with Crippen LogP contribution in [0.5, 0.6) is 5.75 Å². The van der Waals surface area contributed by atoms with Gasteiger partial charge in [0.25, 0.3) is 5.91 Å². The summed E-state index contributed by atoms with van der Waals surface area (Å²) in [6.07, 6.45) is 2.60. The summed E-state index contributed by atoms with van der Waals surface area (Å²) in [5.41, 5.74) is 0.528. The van der Waals surface area contributed by atoms with Gasteiger partial charge in [0, 0.05) is 44.7 Å². The molecule has 0 spiro atoms. The van der Waals surface area contributed by atoms with Crippen LogP contribution in [0.25, 0.3) is 0 Å². The molecule has 1 aliphatic rings. The first kappa shape index (κ1) is 21.6. The van der Waals surface area contributed by atoms with Crippen molar-refractivity contribution in [3.05, 3.63) is 28.2 Å². The lowest BCUT2D eigenvalue weighted by Crippen LogP contribution is -2.52. The molecule has 0 radical (unpaired) electrons. The minimum atomic E-state index is -0.229. The number of rotatable bonds is 7. The van der Waals surface area contributed by atoms with E-state index in [1.807, 2.05) is 4.90 Å². The van der Waals surface area contributed by atoms with E-state index in [1.165, 1.54) is 0 Å². The standard InChI is InChI=1S/C19H25BrN4O2S/c1-2-3-13-26-17-6-5-15(14-16(17)20)18(25)22-19(27)24-11-9-23(10-12-24)8-4-7-21/h5-6,14H,2-4,8-13H2,1H3,(H,22,25,27). The summed E-state index contributed by atoms with van der Waals surface area (Å²) < 4.78 is 6.44. The molecule has 1 saturated heterocycles. The van der Waals surface area contributed by atoms with Crippen LogP contribution in [0.2, 0.25) is 0 Å². The van der Waals surface area contributed by atoms with E-state index in [4.69, 9.17) is 22.2 Å². The lowest BCUT2D eigenvalue weighted by atomic mass is 10.2. The molecule has 0 aromatic heterocycles. The molecular formula is C19H25BrN4O2S. The first-order valence-corrected chi connectivity index (χ1v) is 10.4. The van der Waals surface area contributed by atoms with Crippen LogP contribution in [0.1, 0.15) is 36.5 Å². The summed E-state index contributed by atoms with van der Waals surface area (Å²) >= 11 is 8.85. The zero-order chi connectivity index (χ0) is 19.6. The third-order valence-electron chi connectivity index (χ3n) is 4.37. The number of piperazine rings is 1. The molecule has 0 atom stereocenters. The maximum atomic E-state index is 12.5. The Balaban J connectivity index is 1.85. The van der Waals surface area contributed by atoms with Crippen molar-refractivity contribution in [1.29, 1.82) is 5.26 Å². The second kappa shape index (κ2) is 11.2. The van der Waals surface area contributed by atoms with Crippen molar-refractivity contribution in [1.82, 2.24) is 15.1 Å². The van der Waals surface area contributed by atoms with Crippen LogP contribution in [-0.2, 0) is 0 Å². The number of nitrogens with one attached hydrogen (secondary N) is 1. The topological polar surface area (TPSA) is 68.6 Å². The molecule has 1 fully saturated rings. The van der Waals surface area contributed by atoms with E-state index in [1.54, 1.807) is 18.2 Å². The van der Waals surface area contributed by atoms with Crippen molar-refractivity contribution in [2.45, 2.75) is 26.2 Å². The van der Waals surface area contributed by atoms with Gasteiger partial charge in [0.1, 0.15) is 5.75 Å². The monoisotopic (exact) mass is 452 g/mol. The fraction of sp³-hybridized carbons (Fsp3) is 0.526. The number of amides is 1. The largest absolute Gasteiger partial charge is 0.492 e. The Morgan fingerprint density at radius 3 is 2.74 bits per heavy atom. The minimum absolute atomic E-state index is 0.229. The third-order valence-corrected chi connectivity index (χ3v) is 5.35. The number of carbonyl (C=O) groups excluding carboxylic acids is 1. The summed E-state index contributed by atoms with van der Waals surface area (Å²) in [6.45, 7) is 6.73. The van der Waals surface area contributed by atoms with Crippen LogP contribution in [0.3, 0.4) is 0 Å². The van der Waals surface area contributed by atoms with Crippen LogP contribution in [0.4, 0.5) is 0 Å². The molecule has 0 unspecified atom stereocenters. The van der Waals surface area contributed by atoms with Crippen LogP contribution in [0.15, 0.2) is 22.7 Å². The molecule has 1 aromatic rings. The molecule has 1 amide bonds. The van der Waals surface area contributed by atoms with E-state index in [9.17, 15) is 4.79 Å². The van der Waals surface area contributed by atoms with Crippen LogP contribution >= 0.6 is 28.1 Å². The van der Waals surface area contributed by atoms with E-state index >= 15 is 0 Å². The van der Waals surface area contributed by atoms with E-state index in [2.05, 4.69) is 39.1 Å².